The summed E-state index contributed by atoms with van der Waals surface area (Å²) < 4.78 is 40.0. The smallest absolute Gasteiger partial charge is 0.335 e. The largest absolute Gasteiger partial charge is 0.454 e. The SMILES string of the molecule is CC(OCC1CCCO1)C(=O)OCC(=O)N1CCN(S(C)(=O)=O)CC1. The van der Waals surface area contributed by atoms with Crippen LogP contribution in [0.1, 0.15) is 19.8 Å². The number of nitrogens with zero attached hydrogens (tertiary/aromatic N) is 2. The maximum absolute atomic E-state index is 12.1. The van der Waals surface area contributed by atoms with Crippen molar-refractivity contribution in [2.45, 2.75) is 32.0 Å². The van der Waals surface area contributed by atoms with Gasteiger partial charge in [0, 0.05) is 32.8 Å². The van der Waals surface area contributed by atoms with Gasteiger partial charge >= 0.3 is 5.97 Å². The normalized spacial score (nSPS) is 23.4. The second-order valence-corrected chi connectivity index (χ2v) is 8.24. The predicted octanol–water partition coefficient (Wildman–Crippen LogP) is -0.782. The van der Waals surface area contributed by atoms with Crippen LogP contribution in [-0.4, -0.2) is 94.0 Å². The van der Waals surface area contributed by atoms with Gasteiger partial charge in [-0.05, 0) is 19.8 Å². The van der Waals surface area contributed by atoms with Gasteiger partial charge in [-0.15, -0.1) is 0 Å². The molecule has 2 heterocycles. The lowest BCUT2D eigenvalue weighted by Gasteiger charge is -2.33. The zero-order valence-corrected chi connectivity index (χ0v) is 15.5. The Balaban J connectivity index is 1.66. The van der Waals surface area contributed by atoms with Crippen molar-refractivity contribution in [3.8, 4) is 0 Å². The Kier molecular flexibility index (Phi) is 7.17. The van der Waals surface area contributed by atoms with Gasteiger partial charge in [-0.3, -0.25) is 4.79 Å². The zero-order chi connectivity index (χ0) is 18.4. The molecule has 2 aliphatic rings. The molecule has 0 aromatic carbocycles. The molecule has 2 rings (SSSR count). The molecule has 2 saturated heterocycles. The molecule has 10 heteroatoms. The Bertz CT molecular complexity index is 566. The molecular formula is C15H26N2O7S. The Morgan fingerprint density at radius 3 is 2.48 bits per heavy atom. The summed E-state index contributed by atoms with van der Waals surface area (Å²) in [6.07, 6.45) is 2.31. The van der Waals surface area contributed by atoms with E-state index in [1.54, 1.807) is 6.92 Å². The van der Waals surface area contributed by atoms with Crippen molar-refractivity contribution in [3.05, 3.63) is 0 Å². The van der Waals surface area contributed by atoms with Crippen LogP contribution in [0.5, 0.6) is 0 Å². The van der Waals surface area contributed by atoms with Crippen molar-refractivity contribution < 1.29 is 32.2 Å². The van der Waals surface area contributed by atoms with Gasteiger partial charge in [-0.1, -0.05) is 0 Å². The number of amides is 1. The molecule has 0 bridgehead atoms. The van der Waals surface area contributed by atoms with E-state index in [9.17, 15) is 18.0 Å². The van der Waals surface area contributed by atoms with E-state index in [-0.39, 0.29) is 44.8 Å². The van der Waals surface area contributed by atoms with Gasteiger partial charge in [0.2, 0.25) is 10.0 Å². The number of carbonyl (C=O) groups excluding carboxylic acids is 2. The Morgan fingerprint density at radius 1 is 1.24 bits per heavy atom. The molecule has 9 nitrogen and oxygen atoms in total. The highest BCUT2D eigenvalue weighted by atomic mass is 32.2. The van der Waals surface area contributed by atoms with Crippen molar-refractivity contribution >= 4 is 21.9 Å². The van der Waals surface area contributed by atoms with Crippen LogP contribution < -0.4 is 0 Å². The molecular weight excluding hydrogens is 352 g/mol. The lowest BCUT2D eigenvalue weighted by atomic mass is 10.2. The molecule has 1 amide bonds. The molecule has 144 valence electrons. The summed E-state index contributed by atoms with van der Waals surface area (Å²) in [7, 11) is -3.24. The molecule has 0 aromatic heterocycles. The van der Waals surface area contributed by atoms with Crippen LogP contribution >= 0.6 is 0 Å². The molecule has 2 atom stereocenters. The Labute approximate surface area is 148 Å². The van der Waals surface area contributed by atoms with Gasteiger partial charge in [-0.2, -0.15) is 4.31 Å². The predicted molar refractivity (Wildman–Crippen MR) is 88.3 cm³/mol. The highest BCUT2D eigenvalue weighted by Gasteiger charge is 2.27. The molecule has 0 aromatic rings. The third-order valence-corrected chi connectivity index (χ3v) is 5.59. The third-order valence-electron chi connectivity index (χ3n) is 4.29. The Morgan fingerprint density at radius 2 is 1.92 bits per heavy atom. The highest BCUT2D eigenvalue weighted by molar-refractivity contribution is 7.88. The average Bonchev–Trinajstić information content (AvgIpc) is 3.10. The fourth-order valence-electron chi connectivity index (χ4n) is 2.71. The number of hydrogen-bond acceptors (Lipinski definition) is 7. The zero-order valence-electron chi connectivity index (χ0n) is 14.7. The summed E-state index contributed by atoms with van der Waals surface area (Å²) >= 11 is 0. The molecule has 25 heavy (non-hydrogen) atoms. The first kappa shape index (κ1) is 20.1. The standard InChI is InChI=1S/C15H26N2O7S/c1-12(23-10-13-4-3-9-22-13)15(19)24-11-14(18)16-5-7-17(8-6-16)25(2,20)21/h12-13H,3-11H2,1-2H3. The van der Waals surface area contributed by atoms with Crippen LogP contribution in [0.25, 0.3) is 0 Å². The number of sulfonamides is 1. The second-order valence-electron chi connectivity index (χ2n) is 6.26. The highest BCUT2D eigenvalue weighted by Crippen LogP contribution is 2.13. The first-order valence-electron chi connectivity index (χ1n) is 8.40. The molecule has 2 fully saturated rings. The van der Waals surface area contributed by atoms with Crippen LogP contribution in [0.2, 0.25) is 0 Å². The summed E-state index contributed by atoms with van der Waals surface area (Å²) in [4.78, 5) is 25.4. The van der Waals surface area contributed by atoms with Gasteiger partial charge < -0.3 is 19.1 Å². The van der Waals surface area contributed by atoms with Crippen LogP contribution in [-0.2, 0) is 33.8 Å². The minimum Gasteiger partial charge on any atom is -0.454 e. The van der Waals surface area contributed by atoms with E-state index in [1.165, 1.54) is 9.21 Å². The fraction of sp³-hybridized carbons (Fsp3) is 0.867. The summed E-state index contributed by atoms with van der Waals surface area (Å²) in [5.74, 6) is -0.936. The number of esters is 1. The summed E-state index contributed by atoms with van der Waals surface area (Å²) in [6.45, 7) is 3.32. The number of hydrogen-bond donors (Lipinski definition) is 0. The Hall–Kier alpha value is -1.23. The maximum atomic E-state index is 12.1. The molecule has 0 spiro atoms. The van der Waals surface area contributed by atoms with Crippen molar-refractivity contribution in [3.63, 3.8) is 0 Å². The van der Waals surface area contributed by atoms with E-state index in [2.05, 4.69) is 0 Å². The topological polar surface area (TPSA) is 102 Å². The summed E-state index contributed by atoms with van der Waals surface area (Å²) in [5, 5.41) is 0. The van der Waals surface area contributed by atoms with E-state index in [0.29, 0.717) is 13.2 Å². The molecule has 0 saturated carbocycles. The minimum absolute atomic E-state index is 0.0167. The van der Waals surface area contributed by atoms with Crippen LogP contribution in [0.3, 0.4) is 0 Å². The molecule has 2 aliphatic heterocycles. The average molecular weight is 378 g/mol. The molecule has 0 radical (unpaired) electrons. The van der Waals surface area contributed by atoms with Gasteiger partial charge in [-0.25, -0.2) is 13.2 Å². The first-order chi connectivity index (χ1) is 11.8. The lowest BCUT2D eigenvalue weighted by molar-refractivity contribution is -0.163. The quantitative estimate of drug-likeness (QED) is 0.535. The fourth-order valence-corrected chi connectivity index (χ4v) is 3.53. The van der Waals surface area contributed by atoms with Gasteiger partial charge in [0.15, 0.2) is 12.7 Å². The first-order valence-corrected chi connectivity index (χ1v) is 10.2. The summed E-state index contributed by atoms with van der Waals surface area (Å²) in [5.41, 5.74) is 0. The van der Waals surface area contributed by atoms with Gasteiger partial charge in [0.1, 0.15) is 0 Å². The van der Waals surface area contributed by atoms with E-state index < -0.39 is 22.1 Å². The minimum atomic E-state index is -3.24. The summed E-state index contributed by atoms with van der Waals surface area (Å²) in [6, 6.07) is 0. The number of rotatable bonds is 7. The van der Waals surface area contributed by atoms with Crippen LogP contribution in [0, 0.1) is 0 Å². The molecule has 0 N–H and O–H groups in total. The second kappa shape index (κ2) is 8.93. The van der Waals surface area contributed by atoms with Crippen molar-refractivity contribution in [1.29, 1.82) is 0 Å². The maximum Gasteiger partial charge on any atom is 0.335 e. The van der Waals surface area contributed by atoms with E-state index in [4.69, 9.17) is 14.2 Å². The third kappa shape index (κ3) is 6.21. The number of carbonyl (C=O) groups is 2. The van der Waals surface area contributed by atoms with E-state index >= 15 is 0 Å². The van der Waals surface area contributed by atoms with Crippen molar-refractivity contribution in [2.24, 2.45) is 0 Å². The van der Waals surface area contributed by atoms with E-state index in [0.717, 1.165) is 19.1 Å². The van der Waals surface area contributed by atoms with E-state index in [1.807, 2.05) is 0 Å². The van der Waals surface area contributed by atoms with Crippen molar-refractivity contribution in [2.75, 3.05) is 52.3 Å². The lowest BCUT2D eigenvalue weighted by Crippen LogP contribution is -2.51. The van der Waals surface area contributed by atoms with Crippen LogP contribution in [0.15, 0.2) is 0 Å². The number of piperazine rings is 1. The van der Waals surface area contributed by atoms with Gasteiger partial charge in [0.25, 0.3) is 5.91 Å². The van der Waals surface area contributed by atoms with Crippen LogP contribution in [0.4, 0.5) is 0 Å². The monoisotopic (exact) mass is 378 g/mol. The van der Waals surface area contributed by atoms with Gasteiger partial charge in [0.05, 0.1) is 19.0 Å². The van der Waals surface area contributed by atoms with Crippen molar-refractivity contribution in [1.82, 2.24) is 9.21 Å². The molecule has 0 aliphatic carbocycles. The number of ether oxygens (including phenoxy) is 3. The molecule has 2 unspecified atom stereocenters.